The maximum atomic E-state index is 4.62. The van der Waals surface area contributed by atoms with Crippen LogP contribution in [0.2, 0.25) is 0 Å². The first kappa shape index (κ1) is 22.9. The molecule has 6 aromatic rings. The molecule has 0 spiro atoms. The molecule has 0 radical (unpaired) electrons. The largest absolute Gasteiger partial charge is 0.355 e. The minimum absolute atomic E-state index is 0.773. The molecule has 0 fully saturated rings. The molecule has 0 saturated heterocycles. The molecule has 0 aliphatic carbocycles. The van der Waals surface area contributed by atoms with Crippen LogP contribution < -0.4 is 16.0 Å². The highest BCUT2D eigenvalue weighted by Gasteiger charge is 2.09. The van der Waals surface area contributed by atoms with Crippen LogP contribution in [0.25, 0.3) is 33.1 Å². The highest BCUT2D eigenvalue weighted by atomic mass is 15.2. The van der Waals surface area contributed by atoms with Gasteiger partial charge in [0.15, 0.2) is 0 Å². The van der Waals surface area contributed by atoms with Gasteiger partial charge in [0, 0.05) is 39.3 Å². The number of H-pyrrole nitrogens is 3. The zero-order valence-electron chi connectivity index (χ0n) is 20.5. The summed E-state index contributed by atoms with van der Waals surface area (Å²) in [4.78, 5) is 26.3. The van der Waals surface area contributed by atoms with Crippen molar-refractivity contribution in [1.29, 1.82) is 0 Å². The Morgan fingerprint density at radius 2 is 0.811 bits per heavy atom. The molecule has 188 valence electrons. The summed E-state index contributed by atoms with van der Waals surface area (Å²) in [5, 5.41) is 10.3. The molecule has 0 aliphatic heterocycles. The molecule has 0 bridgehead atoms. The fourth-order valence-electron chi connectivity index (χ4n) is 4.44. The van der Waals surface area contributed by atoms with E-state index in [1.807, 2.05) is 72.8 Å². The molecule has 0 saturated carbocycles. The number of aromatic nitrogens is 6. The summed E-state index contributed by atoms with van der Waals surface area (Å²) in [6, 6.07) is 24.2. The molecule has 3 aromatic heterocycles. The van der Waals surface area contributed by atoms with Gasteiger partial charge in [-0.15, -0.1) is 0 Å². The van der Waals surface area contributed by atoms with Crippen LogP contribution in [-0.4, -0.2) is 74.1 Å². The van der Waals surface area contributed by atoms with E-state index in [-0.39, 0.29) is 0 Å². The van der Waals surface area contributed by atoms with Gasteiger partial charge < -0.3 is 30.9 Å². The quantitative estimate of drug-likeness (QED) is 0.150. The molecule has 6 rings (SSSR count). The smallest absolute Gasteiger partial charge is 0.201 e. The van der Waals surface area contributed by atoms with Gasteiger partial charge in [-0.05, 0) is 36.4 Å². The van der Waals surface area contributed by atoms with E-state index in [9.17, 15) is 0 Å². The molecule has 3 aromatic carbocycles. The Kier molecular flexibility index (Phi) is 6.54. The van der Waals surface area contributed by atoms with Crippen LogP contribution in [-0.2, 0) is 0 Å². The number of fused-ring (bicyclic) bond motifs is 3. The van der Waals surface area contributed by atoms with Crippen molar-refractivity contribution in [2.24, 2.45) is 0 Å². The van der Waals surface area contributed by atoms with Crippen molar-refractivity contribution in [1.82, 2.24) is 34.8 Å². The lowest BCUT2D eigenvalue weighted by molar-refractivity contribution is 0.305. The molecular weight excluding hydrogens is 464 g/mol. The summed E-state index contributed by atoms with van der Waals surface area (Å²) in [7, 11) is 0. The zero-order valence-corrected chi connectivity index (χ0v) is 20.5. The number of rotatable bonds is 12. The van der Waals surface area contributed by atoms with Gasteiger partial charge in [0.2, 0.25) is 17.8 Å². The number of anilines is 3. The van der Waals surface area contributed by atoms with Crippen molar-refractivity contribution < 1.29 is 0 Å². The topological polar surface area (TPSA) is 125 Å². The lowest BCUT2D eigenvalue weighted by atomic mass is 10.3. The highest BCUT2D eigenvalue weighted by molar-refractivity contribution is 5.78. The molecule has 37 heavy (non-hydrogen) atoms. The van der Waals surface area contributed by atoms with E-state index < -0.39 is 0 Å². The number of aromatic amines is 3. The van der Waals surface area contributed by atoms with Gasteiger partial charge in [-0.2, -0.15) is 0 Å². The van der Waals surface area contributed by atoms with Crippen molar-refractivity contribution in [2.45, 2.75) is 0 Å². The third-order valence-electron chi connectivity index (χ3n) is 6.33. The second-order valence-electron chi connectivity index (χ2n) is 8.93. The normalized spacial score (nSPS) is 11.6. The van der Waals surface area contributed by atoms with Crippen molar-refractivity contribution in [3.8, 4) is 0 Å². The number of hydrogen-bond donors (Lipinski definition) is 6. The Hall–Kier alpha value is -4.57. The number of imidazole rings is 3. The van der Waals surface area contributed by atoms with E-state index in [1.54, 1.807) is 0 Å². The highest BCUT2D eigenvalue weighted by Crippen LogP contribution is 2.15. The lowest BCUT2D eigenvalue weighted by Crippen LogP contribution is -2.37. The third-order valence-corrected chi connectivity index (χ3v) is 6.33. The van der Waals surface area contributed by atoms with Gasteiger partial charge in [0.1, 0.15) is 0 Å². The van der Waals surface area contributed by atoms with Crippen LogP contribution >= 0.6 is 0 Å². The first-order valence-electron chi connectivity index (χ1n) is 12.6. The molecule has 0 amide bonds. The summed E-state index contributed by atoms with van der Waals surface area (Å²) in [5.74, 6) is 2.38. The summed E-state index contributed by atoms with van der Waals surface area (Å²) in [6.45, 7) is 4.90. The minimum atomic E-state index is 0.773. The fourth-order valence-corrected chi connectivity index (χ4v) is 4.44. The van der Waals surface area contributed by atoms with Crippen molar-refractivity contribution in [3.63, 3.8) is 0 Å². The number of nitrogens with one attached hydrogen (secondary N) is 6. The van der Waals surface area contributed by atoms with Gasteiger partial charge in [-0.1, -0.05) is 36.4 Å². The van der Waals surface area contributed by atoms with E-state index in [2.05, 4.69) is 50.8 Å². The SMILES string of the molecule is c1ccc2[nH]c(NCCN(CCNc3nc4ccccc4[nH]3)CCNc3nc4ccccc4[nH]3)nc2c1. The maximum absolute atomic E-state index is 4.62. The van der Waals surface area contributed by atoms with Crippen LogP contribution in [0.15, 0.2) is 72.8 Å². The standard InChI is InChI=1S/C27H30N10/c1-2-8-20-19(7-1)31-25(32-20)28-13-16-37(17-14-29-26-33-21-9-3-4-10-22(21)34-26)18-15-30-27-35-23-11-5-6-12-24(23)36-27/h1-12H,13-18H2,(H2,28,31,32)(H2,29,33,34)(H2,30,35,36). The Morgan fingerprint density at radius 1 is 0.486 bits per heavy atom. The fraction of sp³-hybridized carbons (Fsp3) is 0.222. The summed E-state index contributed by atoms with van der Waals surface area (Å²) >= 11 is 0. The predicted molar refractivity (Wildman–Crippen MR) is 150 cm³/mol. The number of nitrogens with zero attached hydrogens (tertiary/aromatic N) is 4. The number of hydrogen-bond acceptors (Lipinski definition) is 7. The summed E-state index contributed by atoms with van der Waals surface area (Å²) < 4.78 is 0. The van der Waals surface area contributed by atoms with Crippen LogP contribution in [0.5, 0.6) is 0 Å². The van der Waals surface area contributed by atoms with Gasteiger partial charge in [-0.25, -0.2) is 15.0 Å². The molecule has 0 unspecified atom stereocenters. The van der Waals surface area contributed by atoms with Crippen molar-refractivity contribution >= 4 is 50.9 Å². The van der Waals surface area contributed by atoms with Gasteiger partial charge in [0.05, 0.1) is 33.1 Å². The average molecular weight is 495 g/mol. The molecule has 6 N–H and O–H groups in total. The van der Waals surface area contributed by atoms with Crippen LogP contribution in [0, 0.1) is 0 Å². The molecule has 10 nitrogen and oxygen atoms in total. The van der Waals surface area contributed by atoms with E-state index in [0.29, 0.717) is 0 Å². The van der Waals surface area contributed by atoms with Crippen molar-refractivity contribution in [3.05, 3.63) is 72.8 Å². The minimum Gasteiger partial charge on any atom is -0.355 e. The zero-order chi connectivity index (χ0) is 24.9. The summed E-state index contributed by atoms with van der Waals surface area (Å²) in [5.41, 5.74) is 6.00. The van der Waals surface area contributed by atoms with Crippen LogP contribution in [0.3, 0.4) is 0 Å². The Balaban J connectivity index is 1.05. The predicted octanol–water partition coefficient (Wildman–Crippen LogP) is 4.25. The molecular formula is C27H30N10. The molecule has 10 heteroatoms. The number of para-hydroxylation sites is 6. The monoisotopic (exact) mass is 494 g/mol. The van der Waals surface area contributed by atoms with Gasteiger partial charge in [-0.3, -0.25) is 4.90 Å². The van der Waals surface area contributed by atoms with Crippen molar-refractivity contribution in [2.75, 3.05) is 55.2 Å². The maximum Gasteiger partial charge on any atom is 0.201 e. The van der Waals surface area contributed by atoms with E-state index >= 15 is 0 Å². The lowest BCUT2D eigenvalue weighted by Gasteiger charge is -2.22. The second kappa shape index (κ2) is 10.6. The summed E-state index contributed by atoms with van der Waals surface area (Å²) in [6.07, 6.45) is 0. The van der Waals surface area contributed by atoms with E-state index in [0.717, 1.165) is 90.2 Å². The van der Waals surface area contributed by atoms with Gasteiger partial charge >= 0.3 is 0 Å². The Labute approximate surface area is 213 Å². The molecule has 0 atom stereocenters. The van der Waals surface area contributed by atoms with E-state index in [1.165, 1.54) is 0 Å². The second-order valence-corrected chi connectivity index (χ2v) is 8.93. The van der Waals surface area contributed by atoms with Crippen LogP contribution in [0.4, 0.5) is 17.8 Å². The van der Waals surface area contributed by atoms with Crippen LogP contribution in [0.1, 0.15) is 0 Å². The first-order valence-corrected chi connectivity index (χ1v) is 12.6. The average Bonchev–Trinajstić information content (AvgIpc) is 3.63. The Morgan fingerprint density at radius 3 is 1.14 bits per heavy atom. The van der Waals surface area contributed by atoms with Gasteiger partial charge in [0.25, 0.3) is 0 Å². The Bertz CT molecular complexity index is 1310. The molecule has 0 aliphatic rings. The number of benzene rings is 3. The van der Waals surface area contributed by atoms with E-state index in [4.69, 9.17) is 0 Å². The third kappa shape index (κ3) is 5.49. The molecule has 3 heterocycles. The first-order chi connectivity index (χ1) is 18.3.